The number of aromatic nitrogens is 2. The molecule has 8 heteroatoms. The topological polar surface area (TPSA) is 95.6 Å². The first-order valence-corrected chi connectivity index (χ1v) is 10.8. The van der Waals surface area contributed by atoms with Gasteiger partial charge in [0.25, 0.3) is 5.56 Å². The molecule has 8 nitrogen and oxygen atoms in total. The van der Waals surface area contributed by atoms with Crippen molar-refractivity contribution in [2.24, 2.45) is 5.92 Å². The molecule has 0 bridgehead atoms. The SMILES string of the molecule is COCC(=O)N1CCCC[C@H]1c1nc2c(c(=O)[nH]1)CN(C(=O)C1CCCC1)CC2. The van der Waals surface area contributed by atoms with Crippen LogP contribution in [-0.4, -0.2) is 58.4 Å². The minimum Gasteiger partial charge on any atom is -0.375 e. The lowest BCUT2D eigenvalue weighted by Crippen LogP contribution is -2.44. The van der Waals surface area contributed by atoms with Gasteiger partial charge < -0.3 is 19.5 Å². The molecule has 0 radical (unpaired) electrons. The summed E-state index contributed by atoms with van der Waals surface area (Å²) in [6.07, 6.45) is 7.46. The third-order valence-corrected chi connectivity index (χ3v) is 6.51. The van der Waals surface area contributed by atoms with Gasteiger partial charge in [0.1, 0.15) is 12.4 Å². The Morgan fingerprint density at radius 2 is 1.90 bits per heavy atom. The van der Waals surface area contributed by atoms with E-state index in [4.69, 9.17) is 9.72 Å². The smallest absolute Gasteiger partial charge is 0.256 e. The Bertz CT molecular complexity index is 830. The number of methoxy groups -OCH3 is 1. The van der Waals surface area contributed by atoms with Crippen LogP contribution in [0.5, 0.6) is 0 Å². The molecule has 0 aromatic carbocycles. The molecule has 1 atom stereocenters. The Morgan fingerprint density at radius 1 is 1.14 bits per heavy atom. The van der Waals surface area contributed by atoms with Gasteiger partial charge in [0, 0.05) is 32.5 Å². The van der Waals surface area contributed by atoms with Crippen molar-refractivity contribution >= 4 is 11.8 Å². The molecule has 2 amide bonds. The molecule has 2 aliphatic heterocycles. The molecular weight excluding hydrogens is 372 g/mol. The van der Waals surface area contributed by atoms with Gasteiger partial charge in [-0.3, -0.25) is 14.4 Å². The summed E-state index contributed by atoms with van der Waals surface area (Å²) in [6.45, 7) is 1.63. The van der Waals surface area contributed by atoms with E-state index < -0.39 is 0 Å². The maximum atomic E-state index is 12.9. The van der Waals surface area contributed by atoms with Crippen molar-refractivity contribution in [3.8, 4) is 0 Å². The number of aromatic amines is 1. The van der Waals surface area contributed by atoms with Gasteiger partial charge in [0.15, 0.2) is 0 Å². The van der Waals surface area contributed by atoms with E-state index in [-0.39, 0.29) is 35.9 Å². The fourth-order valence-electron chi connectivity index (χ4n) is 4.94. The lowest BCUT2D eigenvalue weighted by Gasteiger charge is -2.36. The molecule has 1 saturated carbocycles. The second kappa shape index (κ2) is 8.65. The van der Waals surface area contributed by atoms with Crippen LogP contribution in [0.25, 0.3) is 0 Å². The largest absolute Gasteiger partial charge is 0.375 e. The predicted molar refractivity (Wildman–Crippen MR) is 106 cm³/mol. The van der Waals surface area contributed by atoms with Gasteiger partial charge in [-0.2, -0.15) is 0 Å². The van der Waals surface area contributed by atoms with Crippen LogP contribution in [-0.2, 0) is 27.3 Å². The second-order valence-corrected chi connectivity index (χ2v) is 8.40. The molecule has 1 aliphatic carbocycles. The molecule has 1 saturated heterocycles. The quantitative estimate of drug-likeness (QED) is 0.824. The van der Waals surface area contributed by atoms with Gasteiger partial charge in [0.2, 0.25) is 11.8 Å². The zero-order valence-corrected chi connectivity index (χ0v) is 17.1. The van der Waals surface area contributed by atoms with E-state index in [0.29, 0.717) is 37.4 Å². The minimum absolute atomic E-state index is 0.0317. The predicted octanol–water partition coefficient (Wildman–Crippen LogP) is 1.54. The van der Waals surface area contributed by atoms with Gasteiger partial charge in [0.05, 0.1) is 23.8 Å². The van der Waals surface area contributed by atoms with Gasteiger partial charge in [-0.1, -0.05) is 12.8 Å². The van der Waals surface area contributed by atoms with Crippen molar-refractivity contribution < 1.29 is 14.3 Å². The summed E-state index contributed by atoms with van der Waals surface area (Å²) < 4.78 is 5.01. The number of carbonyl (C=O) groups is 2. The van der Waals surface area contributed by atoms with E-state index in [9.17, 15) is 14.4 Å². The van der Waals surface area contributed by atoms with Crippen LogP contribution >= 0.6 is 0 Å². The van der Waals surface area contributed by atoms with Crippen LogP contribution in [0.1, 0.15) is 68.1 Å². The number of H-pyrrole nitrogens is 1. The van der Waals surface area contributed by atoms with E-state index in [2.05, 4.69) is 4.98 Å². The molecular formula is C21H30N4O4. The fourth-order valence-corrected chi connectivity index (χ4v) is 4.94. The number of hydrogen-bond donors (Lipinski definition) is 1. The summed E-state index contributed by atoms with van der Waals surface area (Å²) in [6, 6.07) is -0.220. The van der Waals surface area contributed by atoms with Crippen molar-refractivity contribution in [1.82, 2.24) is 19.8 Å². The summed E-state index contributed by atoms with van der Waals surface area (Å²) >= 11 is 0. The first-order valence-electron chi connectivity index (χ1n) is 10.8. The molecule has 29 heavy (non-hydrogen) atoms. The number of ether oxygens (including phenoxy) is 1. The van der Waals surface area contributed by atoms with Gasteiger partial charge >= 0.3 is 0 Å². The number of nitrogens with zero attached hydrogens (tertiary/aromatic N) is 3. The number of hydrogen-bond acceptors (Lipinski definition) is 5. The Kier molecular flexibility index (Phi) is 5.99. The van der Waals surface area contributed by atoms with E-state index in [0.717, 1.165) is 50.6 Å². The average Bonchev–Trinajstić information content (AvgIpc) is 3.28. The summed E-state index contributed by atoms with van der Waals surface area (Å²) in [7, 11) is 1.51. The summed E-state index contributed by atoms with van der Waals surface area (Å²) in [5, 5.41) is 0. The Balaban J connectivity index is 1.55. The van der Waals surface area contributed by atoms with Crippen LogP contribution in [0.15, 0.2) is 4.79 Å². The van der Waals surface area contributed by atoms with E-state index in [1.165, 1.54) is 7.11 Å². The number of carbonyl (C=O) groups excluding carboxylic acids is 2. The van der Waals surface area contributed by atoms with Crippen molar-refractivity contribution in [1.29, 1.82) is 0 Å². The highest BCUT2D eigenvalue weighted by Crippen LogP contribution is 2.30. The number of piperidine rings is 1. The molecule has 0 unspecified atom stereocenters. The highest BCUT2D eigenvalue weighted by atomic mass is 16.5. The first-order chi connectivity index (χ1) is 14.1. The third kappa shape index (κ3) is 4.08. The van der Waals surface area contributed by atoms with Crippen LogP contribution in [0.4, 0.5) is 0 Å². The standard InChI is InChI=1S/C21H30N4O4/c1-29-13-18(26)25-10-5-4-8-17(25)19-22-16-9-11-24(12-15(16)20(27)23-19)21(28)14-6-2-3-7-14/h14,17H,2-13H2,1H3,(H,22,23,27)/t17-/m0/s1. The van der Waals surface area contributed by atoms with Crippen molar-refractivity contribution in [3.05, 3.63) is 27.4 Å². The van der Waals surface area contributed by atoms with Gasteiger partial charge in [-0.15, -0.1) is 0 Å². The molecule has 3 heterocycles. The minimum atomic E-state index is -0.220. The monoisotopic (exact) mass is 402 g/mol. The van der Waals surface area contributed by atoms with Crippen LogP contribution in [0.2, 0.25) is 0 Å². The normalized spacial score (nSPS) is 22.6. The second-order valence-electron chi connectivity index (χ2n) is 8.40. The lowest BCUT2D eigenvalue weighted by molar-refractivity contribution is -0.139. The summed E-state index contributed by atoms with van der Waals surface area (Å²) in [4.78, 5) is 49.3. The van der Waals surface area contributed by atoms with E-state index in [1.807, 2.05) is 4.90 Å². The molecule has 4 rings (SSSR count). The number of amides is 2. The molecule has 1 N–H and O–H groups in total. The Morgan fingerprint density at radius 3 is 2.66 bits per heavy atom. The molecule has 1 aromatic heterocycles. The highest BCUT2D eigenvalue weighted by molar-refractivity contribution is 5.79. The van der Waals surface area contributed by atoms with E-state index in [1.54, 1.807) is 4.90 Å². The number of fused-ring (bicyclic) bond motifs is 1. The van der Waals surface area contributed by atoms with Crippen LogP contribution in [0, 0.1) is 5.92 Å². The van der Waals surface area contributed by atoms with Gasteiger partial charge in [-0.25, -0.2) is 4.98 Å². The average molecular weight is 402 g/mol. The maximum Gasteiger partial charge on any atom is 0.256 e. The van der Waals surface area contributed by atoms with Crippen molar-refractivity contribution in [3.63, 3.8) is 0 Å². The molecule has 2 fully saturated rings. The fraction of sp³-hybridized carbons (Fsp3) is 0.714. The maximum absolute atomic E-state index is 12.9. The molecule has 0 spiro atoms. The van der Waals surface area contributed by atoms with Crippen LogP contribution in [0.3, 0.4) is 0 Å². The number of rotatable bonds is 4. The van der Waals surface area contributed by atoms with Gasteiger partial charge in [-0.05, 0) is 32.1 Å². The summed E-state index contributed by atoms with van der Waals surface area (Å²) in [5.41, 5.74) is 1.18. The van der Waals surface area contributed by atoms with Crippen molar-refractivity contribution in [2.75, 3.05) is 26.8 Å². The molecule has 158 valence electrons. The zero-order valence-electron chi connectivity index (χ0n) is 17.1. The summed E-state index contributed by atoms with van der Waals surface area (Å²) in [5.74, 6) is 0.782. The van der Waals surface area contributed by atoms with Crippen molar-refractivity contribution in [2.45, 2.75) is 64.0 Å². The van der Waals surface area contributed by atoms with Crippen LogP contribution < -0.4 is 5.56 Å². The Hall–Kier alpha value is -2.22. The number of likely N-dealkylation sites (tertiary alicyclic amines) is 1. The highest BCUT2D eigenvalue weighted by Gasteiger charge is 2.33. The molecule has 1 aromatic rings. The number of nitrogens with one attached hydrogen (secondary N) is 1. The Labute approximate surface area is 170 Å². The van der Waals surface area contributed by atoms with E-state index >= 15 is 0 Å². The zero-order chi connectivity index (χ0) is 20.4. The lowest BCUT2D eigenvalue weighted by atomic mass is 9.99. The molecule has 3 aliphatic rings. The first kappa shape index (κ1) is 20.1. The third-order valence-electron chi connectivity index (χ3n) is 6.51.